The fourth-order valence-corrected chi connectivity index (χ4v) is 5.47. The maximum Gasteiger partial charge on any atom is 0.338 e. The van der Waals surface area contributed by atoms with Crippen molar-refractivity contribution in [2.75, 3.05) is 13.1 Å². The van der Waals surface area contributed by atoms with Crippen LogP contribution in [0.25, 0.3) is 0 Å². The normalized spacial score (nSPS) is 18.7. The number of sulfonamides is 1. The Balaban J connectivity index is 1.63. The molecule has 0 bridgehead atoms. The van der Waals surface area contributed by atoms with Crippen LogP contribution in [0, 0.1) is 5.82 Å². The number of nitrogens with one attached hydrogen (secondary N) is 2. The van der Waals surface area contributed by atoms with Gasteiger partial charge in [-0.3, -0.25) is 10.1 Å². The van der Waals surface area contributed by atoms with E-state index in [1.54, 1.807) is 0 Å². The summed E-state index contributed by atoms with van der Waals surface area (Å²) in [5.41, 5.74) is -0.211. The molecular formula is C21H28FN3O6S. The van der Waals surface area contributed by atoms with Gasteiger partial charge in [0.05, 0.1) is 5.56 Å². The molecule has 1 atom stereocenters. The first-order valence-electron chi connectivity index (χ1n) is 10.8. The highest BCUT2D eigenvalue weighted by atomic mass is 32.2. The number of rotatable bonds is 6. The minimum Gasteiger partial charge on any atom is -0.449 e. The summed E-state index contributed by atoms with van der Waals surface area (Å²) in [5.74, 6) is -2.79. The fourth-order valence-electron chi connectivity index (χ4n) is 3.86. The van der Waals surface area contributed by atoms with Gasteiger partial charge in [0.2, 0.25) is 10.0 Å². The predicted octanol–water partition coefficient (Wildman–Crippen LogP) is 2.31. The molecule has 0 radical (unpaired) electrons. The summed E-state index contributed by atoms with van der Waals surface area (Å²) in [5, 5.41) is 4.81. The van der Waals surface area contributed by atoms with Gasteiger partial charge in [0, 0.05) is 19.1 Å². The van der Waals surface area contributed by atoms with Crippen LogP contribution in [-0.4, -0.2) is 55.9 Å². The van der Waals surface area contributed by atoms with Crippen molar-refractivity contribution >= 4 is 27.9 Å². The minimum absolute atomic E-state index is 0.0140. The van der Waals surface area contributed by atoms with Gasteiger partial charge in [-0.05, 0) is 50.8 Å². The molecule has 2 fully saturated rings. The molecule has 1 aliphatic carbocycles. The predicted molar refractivity (Wildman–Crippen MR) is 113 cm³/mol. The van der Waals surface area contributed by atoms with Crippen molar-refractivity contribution in [1.29, 1.82) is 0 Å². The second-order valence-electron chi connectivity index (χ2n) is 8.10. The topological polar surface area (TPSA) is 122 Å². The second-order valence-corrected chi connectivity index (χ2v) is 10.0. The summed E-state index contributed by atoms with van der Waals surface area (Å²) in [6, 6.07) is 2.23. The number of ether oxygens (including phenoxy) is 1. The molecule has 1 saturated heterocycles. The third-order valence-corrected chi connectivity index (χ3v) is 7.59. The van der Waals surface area contributed by atoms with E-state index < -0.39 is 44.7 Å². The molecule has 11 heteroatoms. The molecule has 176 valence electrons. The quantitative estimate of drug-likeness (QED) is 0.617. The van der Waals surface area contributed by atoms with Crippen LogP contribution in [0.2, 0.25) is 0 Å². The highest BCUT2D eigenvalue weighted by Gasteiger charge is 2.30. The van der Waals surface area contributed by atoms with E-state index in [0.29, 0.717) is 12.8 Å². The number of esters is 1. The Kier molecular flexibility index (Phi) is 7.83. The zero-order valence-corrected chi connectivity index (χ0v) is 18.8. The third kappa shape index (κ3) is 5.83. The largest absolute Gasteiger partial charge is 0.449 e. The summed E-state index contributed by atoms with van der Waals surface area (Å²) >= 11 is 0. The van der Waals surface area contributed by atoms with E-state index in [4.69, 9.17) is 4.74 Å². The van der Waals surface area contributed by atoms with Gasteiger partial charge in [0.25, 0.3) is 5.91 Å². The van der Waals surface area contributed by atoms with Crippen molar-refractivity contribution in [1.82, 2.24) is 14.9 Å². The molecule has 2 N–H and O–H groups in total. The molecule has 1 heterocycles. The standard InChI is InChI=1S/C21H28FN3O6S/c1-14(19(26)24-21(28)23-16-7-3-4-8-16)31-20(27)15-9-10-17(22)18(13-15)32(29,30)25-11-5-2-6-12-25/h9-10,13-14,16H,2-8,11-12H2,1H3,(H2,23,24,26,28). The van der Waals surface area contributed by atoms with Crippen LogP contribution in [0.3, 0.4) is 0 Å². The molecule has 1 saturated carbocycles. The lowest BCUT2D eigenvalue weighted by molar-refractivity contribution is -0.127. The van der Waals surface area contributed by atoms with Gasteiger partial charge in [-0.25, -0.2) is 22.4 Å². The van der Waals surface area contributed by atoms with Gasteiger partial charge in [-0.1, -0.05) is 19.3 Å². The Morgan fingerprint density at radius 2 is 1.75 bits per heavy atom. The van der Waals surface area contributed by atoms with Gasteiger partial charge in [0.1, 0.15) is 10.7 Å². The monoisotopic (exact) mass is 469 g/mol. The van der Waals surface area contributed by atoms with Gasteiger partial charge in [-0.2, -0.15) is 4.31 Å². The van der Waals surface area contributed by atoms with Gasteiger partial charge in [0.15, 0.2) is 6.10 Å². The summed E-state index contributed by atoms with van der Waals surface area (Å²) in [6.07, 6.45) is 4.68. The Bertz CT molecular complexity index is 972. The van der Waals surface area contributed by atoms with Crippen molar-refractivity contribution in [3.05, 3.63) is 29.6 Å². The van der Waals surface area contributed by atoms with Gasteiger partial charge >= 0.3 is 12.0 Å². The van der Waals surface area contributed by atoms with Crippen LogP contribution in [-0.2, 0) is 19.6 Å². The molecule has 1 aliphatic heterocycles. The average Bonchev–Trinajstić information content (AvgIpc) is 3.27. The molecule has 32 heavy (non-hydrogen) atoms. The molecular weight excluding hydrogens is 441 g/mol. The number of carbonyl (C=O) groups is 3. The zero-order valence-electron chi connectivity index (χ0n) is 17.9. The molecule has 1 aromatic carbocycles. The van der Waals surface area contributed by atoms with Crippen LogP contribution >= 0.6 is 0 Å². The Morgan fingerprint density at radius 1 is 1.09 bits per heavy atom. The number of benzene rings is 1. The lowest BCUT2D eigenvalue weighted by Crippen LogP contribution is -2.47. The smallest absolute Gasteiger partial charge is 0.338 e. The second kappa shape index (κ2) is 10.4. The number of hydrogen-bond donors (Lipinski definition) is 2. The zero-order chi connectivity index (χ0) is 23.3. The molecule has 1 aromatic rings. The van der Waals surface area contributed by atoms with Crippen molar-refractivity contribution in [2.24, 2.45) is 0 Å². The Labute approximate surface area is 186 Å². The summed E-state index contributed by atoms with van der Waals surface area (Å²) in [6.45, 7) is 1.86. The summed E-state index contributed by atoms with van der Waals surface area (Å²) in [7, 11) is -4.10. The van der Waals surface area contributed by atoms with Crippen LogP contribution in [0.5, 0.6) is 0 Å². The van der Waals surface area contributed by atoms with E-state index in [1.165, 1.54) is 11.2 Å². The van der Waals surface area contributed by atoms with Crippen LogP contribution in [0.4, 0.5) is 9.18 Å². The molecule has 9 nitrogen and oxygen atoms in total. The van der Waals surface area contributed by atoms with Crippen molar-refractivity contribution in [3.63, 3.8) is 0 Å². The lowest BCUT2D eigenvalue weighted by Gasteiger charge is -2.26. The molecule has 3 amide bonds. The van der Waals surface area contributed by atoms with Crippen molar-refractivity contribution in [3.8, 4) is 0 Å². The third-order valence-electron chi connectivity index (χ3n) is 5.68. The molecule has 0 spiro atoms. The lowest BCUT2D eigenvalue weighted by atomic mass is 10.2. The molecule has 0 aromatic heterocycles. The number of urea groups is 1. The van der Waals surface area contributed by atoms with Crippen molar-refractivity contribution in [2.45, 2.75) is 68.9 Å². The first kappa shape index (κ1) is 24.1. The first-order chi connectivity index (χ1) is 15.2. The number of imide groups is 1. The highest BCUT2D eigenvalue weighted by molar-refractivity contribution is 7.89. The Hall–Kier alpha value is -2.53. The van der Waals surface area contributed by atoms with Crippen LogP contribution < -0.4 is 10.6 Å². The van der Waals surface area contributed by atoms with E-state index in [0.717, 1.165) is 50.3 Å². The van der Waals surface area contributed by atoms with Gasteiger partial charge in [-0.15, -0.1) is 0 Å². The first-order valence-corrected chi connectivity index (χ1v) is 12.2. The van der Waals surface area contributed by atoms with E-state index >= 15 is 0 Å². The Morgan fingerprint density at radius 3 is 2.41 bits per heavy atom. The number of amides is 3. The summed E-state index contributed by atoms with van der Waals surface area (Å²) in [4.78, 5) is 35.9. The summed E-state index contributed by atoms with van der Waals surface area (Å²) < 4.78 is 46.2. The number of piperidine rings is 1. The molecule has 1 unspecified atom stereocenters. The van der Waals surface area contributed by atoms with E-state index in [9.17, 15) is 27.2 Å². The van der Waals surface area contributed by atoms with Crippen molar-refractivity contribution < 1.29 is 31.9 Å². The molecule has 3 rings (SSSR count). The number of nitrogens with zero attached hydrogens (tertiary/aromatic N) is 1. The number of carbonyl (C=O) groups excluding carboxylic acids is 3. The van der Waals surface area contributed by atoms with Crippen LogP contribution in [0.1, 0.15) is 62.2 Å². The fraction of sp³-hybridized carbons (Fsp3) is 0.571. The van der Waals surface area contributed by atoms with Crippen LogP contribution in [0.15, 0.2) is 23.1 Å². The number of hydrogen-bond acceptors (Lipinski definition) is 6. The maximum absolute atomic E-state index is 14.3. The van der Waals surface area contributed by atoms with E-state index in [1.807, 2.05) is 0 Å². The van der Waals surface area contributed by atoms with E-state index in [2.05, 4.69) is 10.6 Å². The average molecular weight is 470 g/mol. The maximum atomic E-state index is 14.3. The van der Waals surface area contributed by atoms with Gasteiger partial charge < -0.3 is 10.1 Å². The molecule has 2 aliphatic rings. The van der Waals surface area contributed by atoms with E-state index in [-0.39, 0.29) is 24.7 Å². The number of halogens is 1. The SMILES string of the molecule is CC(OC(=O)c1ccc(F)c(S(=O)(=O)N2CCCCC2)c1)C(=O)NC(=O)NC1CCCC1. The highest BCUT2D eigenvalue weighted by Crippen LogP contribution is 2.24. The minimum atomic E-state index is -4.10.